The first-order valence-corrected chi connectivity index (χ1v) is 7.23. The van der Waals surface area contributed by atoms with E-state index in [-0.39, 0.29) is 5.69 Å². The molecule has 5 heteroatoms. The molecular formula is C16H12N2O2S. The molecule has 0 radical (unpaired) electrons. The van der Waals surface area contributed by atoms with Crippen molar-refractivity contribution < 1.29 is 4.92 Å². The zero-order valence-electron chi connectivity index (χ0n) is 11.3. The number of fused-ring (bicyclic) bond motifs is 1. The van der Waals surface area contributed by atoms with Crippen LogP contribution in [0, 0.1) is 17.0 Å². The summed E-state index contributed by atoms with van der Waals surface area (Å²) in [5.74, 6) is 0. The molecule has 4 nitrogen and oxygen atoms in total. The fourth-order valence-corrected chi connectivity index (χ4v) is 2.85. The number of aromatic nitrogens is 1. The summed E-state index contributed by atoms with van der Waals surface area (Å²) < 4.78 is 1.16. The molecule has 1 heterocycles. The molecule has 1 aromatic heterocycles. The SMILES string of the molecule is Cc1ccc2sc(/C=C/c3ccc([N+](=O)[O-])cc3)nc2c1. The van der Waals surface area contributed by atoms with E-state index in [4.69, 9.17) is 0 Å². The highest BCUT2D eigenvalue weighted by Gasteiger charge is 2.03. The molecule has 0 atom stereocenters. The molecule has 3 rings (SSSR count). The van der Waals surface area contributed by atoms with Crippen LogP contribution in [-0.4, -0.2) is 9.91 Å². The molecule has 2 aromatic carbocycles. The van der Waals surface area contributed by atoms with Crippen molar-refractivity contribution in [2.75, 3.05) is 0 Å². The first-order chi connectivity index (χ1) is 10.1. The molecule has 0 saturated carbocycles. The van der Waals surface area contributed by atoms with Crippen molar-refractivity contribution in [1.82, 2.24) is 4.98 Å². The molecule has 0 bridgehead atoms. The lowest BCUT2D eigenvalue weighted by Gasteiger charge is -1.92. The third kappa shape index (κ3) is 2.98. The molecule has 0 fully saturated rings. The van der Waals surface area contributed by atoms with Gasteiger partial charge in [0, 0.05) is 12.1 Å². The van der Waals surface area contributed by atoms with E-state index < -0.39 is 4.92 Å². The Balaban J connectivity index is 1.85. The Morgan fingerprint density at radius 2 is 1.90 bits per heavy atom. The topological polar surface area (TPSA) is 56.0 Å². The fourth-order valence-electron chi connectivity index (χ4n) is 2.00. The molecule has 0 N–H and O–H groups in total. The summed E-state index contributed by atoms with van der Waals surface area (Å²) in [5, 5.41) is 11.5. The highest BCUT2D eigenvalue weighted by Crippen LogP contribution is 2.24. The normalized spacial score (nSPS) is 11.3. The number of aryl methyl sites for hydroxylation is 1. The van der Waals surface area contributed by atoms with Gasteiger partial charge in [-0.05, 0) is 48.4 Å². The third-order valence-corrected chi connectivity index (χ3v) is 4.08. The minimum Gasteiger partial charge on any atom is -0.258 e. The molecule has 0 saturated heterocycles. The fraction of sp³-hybridized carbons (Fsp3) is 0.0625. The molecule has 3 aromatic rings. The monoisotopic (exact) mass is 296 g/mol. The van der Waals surface area contributed by atoms with Crippen LogP contribution in [0.2, 0.25) is 0 Å². The molecule has 0 aliphatic rings. The highest BCUT2D eigenvalue weighted by atomic mass is 32.1. The van der Waals surface area contributed by atoms with Gasteiger partial charge in [0.05, 0.1) is 15.1 Å². The van der Waals surface area contributed by atoms with E-state index in [0.717, 1.165) is 20.8 Å². The van der Waals surface area contributed by atoms with Gasteiger partial charge in [-0.3, -0.25) is 10.1 Å². The summed E-state index contributed by atoms with van der Waals surface area (Å²) in [6.45, 7) is 2.05. The van der Waals surface area contributed by atoms with Crippen LogP contribution in [0.5, 0.6) is 0 Å². The van der Waals surface area contributed by atoms with E-state index in [1.165, 1.54) is 17.7 Å². The van der Waals surface area contributed by atoms with Crippen LogP contribution in [0.15, 0.2) is 42.5 Å². The predicted octanol–water partition coefficient (Wildman–Crippen LogP) is 4.68. The number of nitro groups is 1. The molecule has 0 aliphatic heterocycles. The molecule has 0 spiro atoms. The van der Waals surface area contributed by atoms with Crippen LogP contribution < -0.4 is 0 Å². The smallest absolute Gasteiger partial charge is 0.258 e. The van der Waals surface area contributed by atoms with Gasteiger partial charge < -0.3 is 0 Å². The van der Waals surface area contributed by atoms with E-state index in [2.05, 4.69) is 23.2 Å². The number of non-ortho nitro benzene ring substituents is 1. The number of hydrogen-bond donors (Lipinski definition) is 0. The van der Waals surface area contributed by atoms with Gasteiger partial charge in [-0.15, -0.1) is 11.3 Å². The van der Waals surface area contributed by atoms with Crippen molar-refractivity contribution in [2.45, 2.75) is 6.92 Å². The maximum absolute atomic E-state index is 10.6. The van der Waals surface area contributed by atoms with Gasteiger partial charge in [0.25, 0.3) is 5.69 Å². The minimum absolute atomic E-state index is 0.0996. The van der Waals surface area contributed by atoms with E-state index in [1.54, 1.807) is 23.5 Å². The minimum atomic E-state index is -0.399. The number of rotatable bonds is 3. The van der Waals surface area contributed by atoms with Crippen molar-refractivity contribution in [1.29, 1.82) is 0 Å². The zero-order chi connectivity index (χ0) is 14.8. The summed E-state index contributed by atoms with van der Waals surface area (Å²) in [7, 11) is 0. The second-order valence-electron chi connectivity index (χ2n) is 4.71. The Morgan fingerprint density at radius 1 is 1.14 bits per heavy atom. The van der Waals surface area contributed by atoms with E-state index in [0.29, 0.717) is 0 Å². The van der Waals surface area contributed by atoms with Crippen LogP contribution in [0.1, 0.15) is 16.1 Å². The van der Waals surface area contributed by atoms with Gasteiger partial charge >= 0.3 is 0 Å². The summed E-state index contributed by atoms with van der Waals surface area (Å²) in [5.41, 5.74) is 3.21. The molecular weight excluding hydrogens is 284 g/mol. The quantitative estimate of drug-likeness (QED) is 0.520. The number of nitrogens with zero attached hydrogens (tertiary/aromatic N) is 2. The van der Waals surface area contributed by atoms with Crippen LogP contribution in [0.3, 0.4) is 0 Å². The molecule has 21 heavy (non-hydrogen) atoms. The second kappa shape index (κ2) is 5.46. The molecule has 0 aliphatic carbocycles. The van der Waals surface area contributed by atoms with Gasteiger partial charge in [-0.25, -0.2) is 4.98 Å². The van der Waals surface area contributed by atoms with E-state index in [1.807, 2.05) is 19.1 Å². The van der Waals surface area contributed by atoms with E-state index in [9.17, 15) is 10.1 Å². The lowest BCUT2D eigenvalue weighted by atomic mass is 10.2. The first-order valence-electron chi connectivity index (χ1n) is 6.41. The number of thiazole rings is 1. The second-order valence-corrected chi connectivity index (χ2v) is 5.77. The Morgan fingerprint density at radius 3 is 2.62 bits per heavy atom. The zero-order valence-corrected chi connectivity index (χ0v) is 12.1. The molecule has 104 valence electrons. The van der Waals surface area contributed by atoms with Crippen molar-refractivity contribution >= 4 is 39.4 Å². The van der Waals surface area contributed by atoms with Crippen LogP contribution in [0.4, 0.5) is 5.69 Å². The number of nitro benzene ring substituents is 1. The van der Waals surface area contributed by atoms with Crippen molar-refractivity contribution in [3.63, 3.8) is 0 Å². The lowest BCUT2D eigenvalue weighted by Crippen LogP contribution is -1.86. The van der Waals surface area contributed by atoms with Gasteiger partial charge in [0.1, 0.15) is 5.01 Å². The summed E-state index contributed by atoms with van der Waals surface area (Å²) in [6, 6.07) is 12.7. The van der Waals surface area contributed by atoms with Crippen molar-refractivity contribution in [3.05, 3.63) is 68.7 Å². The Bertz CT molecular complexity index is 835. The maximum Gasteiger partial charge on any atom is 0.269 e. The Kier molecular flexibility index (Phi) is 3.50. The average Bonchev–Trinajstić information content (AvgIpc) is 2.87. The highest BCUT2D eigenvalue weighted by molar-refractivity contribution is 7.19. The number of hydrogen-bond acceptors (Lipinski definition) is 4. The molecule has 0 amide bonds. The summed E-state index contributed by atoms with van der Waals surface area (Å²) in [6.07, 6.45) is 3.84. The largest absolute Gasteiger partial charge is 0.269 e. The van der Waals surface area contributed by atoms with Crippen LogP contribution >= 0.6 is 11.3 Å². The Hall–Kier alpha value is -2.53. The predicted molar refractivity (Wildman–Crippen MR) is 86.4 cm³/mol. The maximum atomic E-state index is 10.6. The van der Waals surface area contributed by atoms with Gasteiger partial charge in [-0.1, -0.05) is 12.1 Å². The van der Waals surface area contributed by atoms with Gasteiger partial charge in [0.15, 0.2) is 0 Å². The number of benzene rings is 2. The molecule has 0 unspecified atom stereocenters. The summed E-state index contributed by atoms with van der Waals surface area (Å²) >= 11 is 1.63. The van der Waals surface area contributed by atoms with Crippen molar-refractivity contribution in [2.24, 2.45) is 0 Å². The van der Waals surface area contributed by atoms with Gasteiger partial charge in [0.2, 0.25) is 0 Å². The van der Waals surface area contributed by atoms with Crippen LogP contribution in [-0.2, 0) is 0 Å². The first kappa shape index (κ1) is 13.5. The standard InChI is InChI=1S/C16H12N2O2S/c1-11-2-8-15-14(10-11)17-16(21-15)9-5-12-3-6-13(7-4-12)18(19)20/h2-10H,1H3/b9-5+. The van der Waals surface area contributed by atoms with Gasteiger partial charge in [-0.2, -0.15) is 0 Å². The third-order valence-electron chi connectivity index (χ3n) is 3.08. The lowest BCUT2D eigenvalue weighted by molar-refractivity contribution is -0.384. The average molecular weight is 296 g/mol. The van der Waals surface area contributed by atoms with E-state index >= 15 is 0 Å². The Labute approximate surface area is 125 Å². The van der Waals surface area contributed by atoms with Crippen LogP contribution in [0.25, 0.3) is 22.4 Å². The van der Waals surface area contributed by atoms with Crippen molar-refractivity contribution in [3.8, 4) is 0 Å². The summed E-state index contributed by atoms with van der Waals surface area (Å²) in [4.78, 5) is 14.8.